The third kappa shape index (κ3) is 2.61. The van der Waals surface area contributed by atoms with Crippen LogP contribution in [0, 0.1) is 0 Å². The van der Waals surface area contributed by atoms with Crippen LogP contribution in [-0.4, -0.2) is 24.0 Å². The van der Waals surface area contributed by atoms with Crippen molar-refractivity contribution in [3.63, 3.8) is 0 Å². The number of hydrogen-bond acceptors (Lipinski definition) is 2. The van der Waals surface area contributed by atoms with E-state index in [9.17, 15) is 10.2 Å². The lowest BCUT2D eigenvalue weighted by molar-refractivity contribution is -0.706. The first-order valence-corrected chi connectivity index (χ1v) is 6.01. The Hall–Kier alpha value is -0.900. The van der Waals surface area contributed by atoms with Gasteiger partial charge < -0.3 is 15.5 Å². The molecule has 0 bridgehead atoms. The van der Waals surface area contributed by atoms with Gasteiger partial charge in [0.25, 0.3) is 0 Å². The van der Waals surface area contributed by atoms with Gasteiger partial charge in [0.2, 0.25) is 0 Å². The average molecular weight is 221 g/mol. The lowest BCUT2D eigenvalue weighted by Crippen LogP contribution is -2.93. The molecule has 1 aliphatic rings. The van der Waals surface area contributed by atoms with E-state index in [1.165, 1.54) is 6.42 Å². The van der Waals surface area contributed by atoms with Crippen molar-refractivity contribution in [2.45, 2.75) is 37.5 Å². The molecule has 1 fully saturated rings. The zero-order valence-corrected chi connectivity index (χ0v) is 9.38. The zero-order chi connectivity index (χ0) is 11.4. The topological polar surface area (TPSA) is 59.9 Å². The highest BCUT2D eigenvalue weighted by Crippen LogP contribution is 2.23. The van der Waals surface area contributed by atoms with Gasteiger partial charge in [0.15, 0.2) is 0 Å². The summed E-state index contributed by atoms with van der Waals surface area (Å²) in [5.41, 5.74) is 0.966. The molecular formula is C13H19NO2. The Morgan fingerprint density at radius 2 is 2.00 bits per heavy atom. The third-order valence-electron chi connectivity index (χ3n) is 3.41. The predicted octanol–water partition coefficient (Wildman–Crippen LogP) is -0.435. The Morgan fingerprint density at radius 1 is 1.25 bits per heavy atom. The van der Waals surface area contributed by atoms with Crippen LogP contribution in [0.5, 0.6) is 0 Å². The third-order valence-corrected chi connectivity index (χ3v) is 3.41. The van der Waals surface area contributed by atoms with Crippen LogP contribution in [0.15, 0.2) is 30.3 Å². The average Bonchev–Trinajstić information content (AvgIpc) is 2.31. The summed E-state index contributed by atoms with van der Waals surface area (Å²) in [5, 5.41) is 23.1. The number of quaternary nitrogens is 1. The van der Waals surface area contributed by atoms with Crippen LogP contribution in [0.3, 0.4) is 0 Å². The van der Waals surface area contributed by atoms with Gasteiger partial charge in [-0.15, -0.1) is 0 Å². The number of hydrogen-bond donors (Lipinski definition) is 2. The normalized spacial score (nSPS) is 25.0. The van der Waals surface area contributed by atoms with Crippen LogP contribution in [-0.2, 0) is 0 Å². The molecule has 16 heavy (non-hydrogen) atoms. The molecule has 0 aliphatic carbocycles. The molecule has 0 spiro atoms. The van der Waals surface area contributed by atoms with Gasteiger partial charge in [0.1, 0.15) is 0 Å². The molecule has 0 aromatic heterocycles. The fourth-order valence-corrected chi connectivity index (χ4v) is 2.60. The van der Waals surface area contributed by atoms with E-state index in [0.717, 1.165) is 24.9 Å². The van der Waals surface area contributed by atoms with Crippen molar-refractivity contribution in [2.24, 2.45) is 0 Å². The molecule has 1 aromatic rings. The Kier molecular flexibility index (Phi) is 3.93. The van der Waals surface area contributed by atoms with Gasteiger partial charge in [-0.2, -0.15) is 0 Å². The van der Waals surface area contributed by atoms with Crippen LogP contribution in [0.1, 0.15) is 30.7 Å². The van der Waals surface area contributed by atoms with Crippen LogP contribution < -0.4 is 10.4 Å². The van der Waals surface area contributed by atoms with Crippen molar-refractivity contribution in [2.75, 3.05) is 6.54 Å². The summed E-state index contributed by atoms with van der Waals surface area (Å²) in [6.45, 7) is 1.07. The minimum absolute atomic E-state index is 0.239. The van der Waals surface area contributed by atoms with E-state index in [-0.39, 0.29) is 12.0 Å². The summed E-state index contributed by atoms with van der Waals surface area (Å²) in [5.74, 6) is -0.276. The number of aliphatic hydroxyl groups excluding tert-OH is 1. The maximum absolute atomic E-state index is 11.5. The Labute approximate surface area is 96.1 Å². The molecule has 3 heteroatoms. The first-order valence-electron chi connectivity index (χ1n) is 6.01. The van der Waals surface area contributed by atoms with E-state index in [4.69, 9.17) is 0 Å². The number of aliphatic hydroxyl groups is 1. The van der Waals surface area contributed by atoms with Crippen molar-refractivity contribution in [1.29, 1.82) is 0 Å². The molecule has 0 amide bonds. The molecule has 1 aromatic carbocycles. The Balaban J connectivity index is 2.16. The van der Waals surface area contributed by atoms with Crippen LogP contribution in [0.4, 0.5) is 0 Å². The Morgan fingerprint density at radius 3 is 2.56 bits per heavy atom. The van der Waals surface area contributed by atoms with Gasteiger partial charge >= 0.3 is 0 Å². The second-order valence-electron chi connectivity index (χ2n) is 4.51. The van der Waals surface area contributed by atoms with E-state index in [2.05, 4.69) is 5.32 Å². The molecule has 0 saturated carbocycles. The molecule has 0 radical (unpaired) electrons. The standard InChI is InChI=1S/C13H18NO2/c15-13(16)12(10-6-2-1-3-7-10)11-8-4-5-9-14-11/h1-3,6-7,11-15H,4-5,8-9H2/q-1/p+1/t11-,12+,13?/m0/s1. The fourth-order valence-electron chi connectivity index (χ4n) is 2.60. The quantitative estimate of drug-likeness (QED) is 0.680. The van der Waals surface area contributed by atoms with E-state index < -0.39 is 6.29 Å². The van der Waals surface area contributed by atoms with Gasteiger partial charge in [0.05, 0.1) is 12.6 Å². The first kappa shape index (κ1) is 11.6. The molecule has 3 atom stereocenters. The number of nitrogens with two attached hydrogens (primary N) is 1. The molecule has 3 N–H and O–H groups in total. The van der Waals surface area contributed by atoms with Crippen molar-refractivity contribution < 1.29 is 15.5 Å². The fraction of sp³-hybridized carbons (Fsp3) is 0.538. The number of piperidine rings is 1. The summed E-state index contributed by atoms with van der Waals surface area (Å²) < 4.78 is 0. The van der Waals surface area contributed by atoms with Crippen molar-refractivity contribution >= 4 is 0 Å². The number of rotatable bonds is 3. The second-order valence-corrected chi connectivity index (χ2v) is 4.51. The van der Waals surface area contributed by atoms with Gasteiger partial charge in [-0.3, -0.25) is 0 Å². The molecule has 1 saturated heterocycles. The Bertz CT molecular complexity index is 307. The highest BCUT2D eigenvalue weighted by Gasteiger charge is 2.28. The second kappa shape index (κ2) is 5.43. The lowest BCUT2D eigenvalue weighted by atomic mass is 9.86. The smallest absolute Gasteiger partial charge is 0.0940 e. The van der Waals surface area contributed by atoms with E-state index in [1.54, 1.807) is 0 Å². The van der Waals surface area contributed by atoms with E-state index >= 15 is 0 Å². The van der Waals surface area contributed by atoms with Gasteiger partial charge in [0, 0.05) is 12.3 Å². The molecule has 1 aliphatic heterocycles. The monoisotopic (exact) mass is 221 g/mol. The summed E-state index contributed by atoms with van der Waals surface area (Å²) in [4.78, 5) is 0. The molecule has 3 nitrogen and oxygen atoms in total. The summed E-state index contributed by atoms with van der Waals surface area (Å²) in [6, 6.07) is 9.90. The maximum Gasteiger partial charge on any atom is 0.0940 e. The molecule has 1 unspecified atom stereocenters. The van der Waals surface area contributed by atoms with Crippen molar-refractivity contribution in [1.82, 2.24) is 0 Å². The van der Waals surface area contributed by atoms with Crippen LogP contribution >= 0.6 is 0 Å². The van der Waals surface area contributed by atoms with Crippen molar-refractivity contribution in [3.8, 4) is 0 Å². The lowest BCUT2D eigenvalue weighted by Gasteiger charge is -2.34. The zero-order valence-electron chi connectivity index (χ0n) is 9.38. The highest BCUT2D eigenvalue weighted by molar-refractivity contribution is 5.21. The summed E-state index contributed by atoms with van der Waals surface area (Å²) >= 11 is 0. The van der Waals surface area contributed by atoms with E-state index in [0.29, 0.717) is 0 Å². The summed E-state index contributed by atoms with van der Waals surface area (Å²) in [6.07, 6.45) is 1.89. The molecule has 2 rings (SSSR count). The number of benzene rings is 1. The van der Waals surface area contributed by atoms with Crippen molar-refractivity contribution in [3.05, 3.63) is 35.9 Å². The van der Waals surface area contributed by atoms with Gasteiger partial charge in [-0.1, -0.05) is 30.3 Å². The van der Waals surface area contributed by atoms with Gasteiger partial charge in [-0.05, 0) is 24.7 Å². The highest BCUT2D eigenvalue weighted by atomic mass is 16.5. The maximum atomic E-state index is 11.5. The predicted molar refractivity (Wildman–Crippen MR) is 59.6 cm³/mol. The van der Waals surface area contributed by atoms with Crippen LogP contribution in [0.2, 0.25) is 0 Å². The molecule has 88 valence electrons. The van der Waals surface area contributed by atoms with E-state index in [1.807, 2.05) is 30.3 Å². The first-order chi connectivity index (χ1) is 7.79. The minimum atomic E-state index is -1.51. The SMILES string of the molecule is [O-]C(O)[C@H](c1ccccc1)[C@@H]1CCCC[NH2+]1. The largest absolute Gasteiger partial charge is 0.831 e. The molecule has 1 heterocycles. The minimum Gasteiger partial charge on any atom is -0.831 e. The van der Waals surface area contributed by atoms with Crippen LogP contribution in [0.25, 0.3) is 0 Å². The molecular weight excluding hydrogens is 202 g/mol. The van der Waals surface area contributed by atoms with Gasteiger partial charge in [-0.25, -0.2) is 0 Å². The summed E-state index contributed by atoms with van der Waals surface area (Å²) in [7, 11) is 0.